The minimum Gasteiger partial charge on any atom is -0.352 e. The van der Waals surface area contributed by atoms with Gasteiger partial charge in [0, 0.05) is 43.9 Å². The van der Waals surface area contributed by atoms with Crippen LogP contribution in [-0.4, -0.2) is 71.1 Å². The van der Waals surface area contributed by atoms with Gasteiger partial charge in [-0.25, -0.2) is 4.39 Å². The van der Waals surface area contributed by atoms with Gasteiger partial charge in [-0.2, -0.15) is 0 Å². The fourth-order valence-electron chi connectivity index (χ4n) is 5.09. The van der Waals surface area contributed by atoms with E-state index in [4.69, 9.17) is 0 Å². The van der Waals surface area contributed by atoms with Crippen molar-refractivity contribution in [2.75, 3.05) is 44.2 Å². The maximum absolute atomic E-state index is 13.8. The van der Waals surface area contributed by atoms with E-state index in [9.17, 15) is 14.0 Å². The first-order chi connectivity index (χ1) is 20.4. The lowest BCUT2D eigenvalue weighted by Gasteiger charge is -2.36. The van der Waals surface area contributed by atoms with Gasteiger partial charge in [-0.05, 0) is 47.4 Å². The van der Waals surface area contributed by atoms with E-state index in [-0.39, 0.29) is 29.8 Å². The van der Waals surface area contributed by atoms with E-state index in [1.807, 2.05) is 44.2 Å². The topological polar surface area (TPSA) is 69.6 Å². The molecule has 1 fully saturated rings. The molecule has 1 aromatic heterocycles. The molecule has 42 heavy (non-hydrogen) atoms. The van der Waals surface area contributed by atoms with Crippen LogP contribution in [0.5, 0.6) is 0 Å². The standard InChI is InChI=1S/C34H36FN5O2/c1-3-25(2)23-40(34(42)29-10-7-11-30(35)22-29)24-33(41)39-20-18-38(19-21-39)32-17-16-31(36-37-32)28-14-12-27(13-15-28)26-8-5-4-6-9-26/h4-17,22,25H,3,18-21,23-24H2,1-2H3/t25-/m1/s1. The zero-order valence-electron chi connectivity index (χ0n) is 24.1. The SMILES string of the molecule is CC[C@@H](C)CN(CC(=O)N1CCN(c2ccc(-c3ccc(-c4ccccc4)cc3)nn2)CC1)C(=O)c1cccc(F)c1. The van der Waals surface area contributed by atoms with E-state index in [1.54, 1.807) is 15.9 Å². The summed E-state index contributed by atoms with van der Waals surface area (Å²) in [6.07, 6.45) is 0.874. The number of hydrogen-bond acceptors (Lipinski definition) is 5. The third kappa shape index (κ3) is 7.00. The summed E-state index contributed by atoms with van der Waals surface area (Å²) in [5, 5.41) is 8.94. The van der Waals surface area contributed by atoms with Crippen molar-refractivity contribution in [3.63, 3.8) is 0 Å². The Kier molecular flexibility index (Phi) is 9.21. The lowest BCUT2D eigenvalue weighted by Crippen LogP contribution is -2.52. The third-order valence-corrected chi connectivity index (χ3v) is 7.81. The third-order valence-electron chi connectivity index (χ3n) is 7.81. The molecule has 1 atom stereocenters. The number of carbonyl (C=O) groups excluding carboxylic acids is 2. The Morgan fingerprint density at radius 1 is 0.833 bits per heavy atom. The monoisotopic (exact) mass is 565 g/mol. The van der Waals surface area contributed by atoms with Crippen molar-refractivity contribution >= 4 is 17.6 Å². The van der Waals surface area contributed by atoms with E-state index in [0.717, 1.165) is 29.1 Å². The van der Waals surface area contributed by atoms with Crippen molar-refractivity contribution in [2.24, 2.45) is 5.92 Å². The second-order valence-electron chi connectivity index (χ2n) is 10.8. The number of benzene rings is 3. The van der Waals surface area contributed by atoms with Crippen LogP contribution in [0.15, 0.2) is 91.0 Å². The number of halogens is 1. The summed E-state index contributed by atoms with van der Waals surface area (Å²) < 4.78 is 13.8. The largest absolute Gasteiger partial charge is 0.352 e. The van der Waals surface area contributed by atoms with Gasteiger partial charge in [0.15, 0.2) is 5.82 Å². The van der Waals surface area contributed by atoms with E-state index in [0.29, 0.717) is 32.7 Å². The first-order valence-electron chi connectivity index (χ1n) is 14.5. The molecular formula is C34H36FN5O2. The maximum Gasteiger partial charge on any atom is 0.254 e. The van der Waals surface area contributed by atoms with Gasteiger partial charge >= 0.3 is 0 Å². The molecule has 0 aliphatic carbocycles. The van der Waals surface area contributed by atoms with Gasteiger partial charge in [0.05, 0.1) is 5.69 Å². The van der Waals surface area contributed by atoms with E-state index >= 15 is 0 Å². The molecule has 0 spiro atoms. The molecule has 1 aliphatic heterocycles. The highest BCUT2D eigenvalue weighted by Gasteiger charge is 2.27. The summed E-state index contributed by atoms with van der Waals surface area (Å²) >= 11 is 0. The fourth-order valence-corrected chi connectivity index (χ4v) is 5.09. The van der Waals surface area contributed by atoms with Gasteiger partial charge in [-0.3, -0.25) is 9.59 Å². The predicted molar refractivity (Wildman–Crippen MR) is 163 cm³/mol. The van der Waals surface area contributed by atoms with Crippen LogP contribution in [0.1, 0.15) is 30.6 Å². The number of anilines is 1. The molecule has 0 N–H and O–H groups in total. The Bertz CT molecular complexity index is 1490. The number of rotatable bonds is 9. The quantitative estimate of drug-likeness (QED) is 0.257. The van der Waals surface area contributed by atoms with Crippen molar-refractivity contribution in [1.82, 2.24) is 20.0 Å². The van der Waals surface area contributed by atoms with Crippen LogP contribution in [-0.2, 0) is 4.79 Å². The van der Waals surface area contributed by atoms with E-state index in [1.165, 1.54) is 23.8 Å². The second kappa shape index (κ2) is 13.4. The predicted octanol–water partition coefficient (Wildman–Crippen LogP) is 5.79. The Hall–Kier alpha value is -4.59. The molecular weight excluding hydrogens is 529 g/mol. The maximum atomic E-state index is 13.8. The lowest BCUT2D eigenvalue weighted by atomic mass is 10.0. The van der Waals surface area contributed by atoms with Crippen molar-refractivity contribution in [2.45, 2.75) is 20.3 Å². The van der Waals surface area contributed by atoms with Crippen LogP contribution in [0.4, 0.5) is 10.2 Å². The molecule has 4 aromatic rings. The number of amides is 2. The molecule has 2 amide bonds. The average molecular weight is 566 g/mol. The van der Waals surface area contributed by atoms with E-state index < -0.39 is 5.82 Å². The van der Waals surface area contributed by atoms with Gasteiger partial charge in [-0.15, -0.1) is 10.2 Å². The number of carbonyl (C=O) groups is 2. The van der Waals surface area contributed by atoms with Crippen LogP contribution in [0.2, 0.25) is 0 Å². The second-order valence-corrected chi connectivity index (χ2v) is 10.8. The van der Waals surface area contributed by atoms with Crippen LogP contribution >= 0.6 is 0 Å². The van der Waals surface area contributed by atoms with Gasteiger partial charge in [0.1, 0.15) is 12.4 Å². The molecule has 3 aromatic carbocycles. The van der Waals surface area contributed by atoms with Crippen molar-refractivity contribution in [3.05, 3.63) is 102 Å². The van der Waals surface area contributed by atoms with Crippen LogP contribution in [0.25, 0.3) is 22.4 Å². The van der Waals surface area contributed by atoms with Gasteiger partial charge in [0.25, 0.3) is 5.91 Å². The molecule has 0 unspecified atom stereocenters. The molecule has 0 saturated carbocycles. The number of hydrogen-bond donors (Lipinski definition) is 0. The summed E-state index contributed by atoms with van der Waals surface area (Å²) in [6, 6.07) is 28.1. The molecule has 5 rings (SSSR count). The van der Waals surface area contributed by atoms with Gasteiger partial charge in [-0.1, -0.05) is 80.9 Å². The molecule has 216 valence electrons. The Balaban J connectivity index is 1.18. The molecule has 8 heteroatoms. The minimum absolute atomic E-state index is 0.0305. The number of piperazine rings is 1. The summed E-state index contributed by atoms with van der Waals surface area (Å²) in [7, 11) is 0. The normalized spacial score (nSPS) is 14.0. The molecule has 1 aliphatic rings. The van der Waals surface area contributed by atoms with E-state index in [2.05, 4.69) is 51.5 Å². The van der Waals surface area contributed by atoms with Gasteiger partial charge in [0.2, 0.25) is 5.91 Å². The van der Waals surface area contributed by atoms with Crippen LogP contribution in [0, 0.1) is 11.7 Å². The molecule has 0 bridgehead atoms. The first-order valence-corrected chi connectivity index (χ1v) is 14.5. The zero-order chi connectivity index (χ0) is 29.5. The highest BCUT2D eigenvalue weighted by molar-refractivity contribution is 5.96. The smallest absolute Gasteiger partial charge is 0.254 e. The summed E-state index contributed by atoms with van der Waals surface area (Å²) in [4.78, 5) is 31.9. The molecule has 0 radical (unpaired) electrons. The average Bonchev–Trinajstić information content (AvgIpc) is 3.04. The molecule has 2 heterocycles. The molecule has 7 nitrogen and oxygen atoms in total. The lowest BCUT2D eigenvalue weighted by molar-refractivity contribution is -0.132. The molecule has 1 saturated heterocycles. The Morgan fingerprint density at radius 3 is 2.17 bits per heavy atom. The first kappa shape index (κ1) is 28.9. The van der Waals surface area contributed by atoms with Crippen LogP contribution in [0.3, 0.4) is 0 Å². The summed E-state index contributed by atoms with van der Waals surface area (Å²) in [6.45, 7) is 6.78. The highest BCUT2D eigenvalue weighted by Crippen LogP contribution is 2.24. The number of aromatic nitrogens is 2. The zero-order valence-corrected chi connectivity index (χ0v) is 24.1. The fraction of sp³-hybridized carbons (Fsp3) is 0.294. The van der Waals surface area contributed by atoms with Crippen molar-refractivity contribution in [3.8, 4) is 22.4 Å². The summed E-state index contributed by atoms with van der Waals surface area (Å²) in [5.74, 6) is 0.0840. The van der Waals surface area contributed by atoms with Crippen LogP contribution < -0.4 is 4.90 Å². The van der Waals surface area contributed by atoms with Gasteiger partial charge < -0.3 is 14.7 Å². The highest BCUT2D eigenvalue weighted by atomic mass is 19.1. The number of nitrogens with zero attached hydrogens (tertiary/aromatic N) is 5. The van der Waals surface area contributed by atoms with Crippen molar-refractivity contribution < 1.29 is 14.0 Å². The minimum atomic E-state index is -0.469. The Labute approximate surface area is 246 Å². The van der Waals surface area contributed by atoms with Crippen molar-refractivity contribution in [1.29, 1.82) is 0 Å². The Morgan fingerprint density at radius 2 is 1.52 bits per heavy atom. The summed E-state index contributed by atoms with van der Waals surface area (Å²) in [5.41, 5.74) is 4.38.